The highest BCUT2D eigenvalue weighted by Gasteiger charge is 2.13. The van der Waals surface area contributed by atoms with Crippen molar-refractivity contribution in [2.75, 3.05) is 6.61 Å². The minimum atomic E-state index is 0.000831. The topological polar surface area (TPSA) is 26.3 Å². The summed E-state index contributed by atoms with van der Waals surface area (Å²) < 4.78 is 5.65. The predicted molar refractivity (Wildman–Crippen MR) is 75.6 cm³/mol. The van der Waals surface area contributed by atoms with E-state index in [0.29, 0.717) is 5.92 Å². The highest BCUT2D eigenvalue weighted by Crippen LogP contribution is 2.32. The van der Waals surface area contributed by atoms with Crippen molar-refractivity contribution in [2.24, 2.45) is 5.92 Å². The first-order chi connectivity index (χ1) is 8.32. The van der Waals surface area contributed by atoms with Crippen LogP contribution in [-0.2, 0) is 4.79 Å². The maximum atomic E-state index is 11.6. The molecule has 0 fully saturated rings. The molecular weight excluding hydrogens is 248 g/mol. The lowest BCUT2D eigenvalue weighted by Crippen LogP contribution is -2.17. The van der Waals surface area contributed by atoms with E-state index in [2.05, 4.69) is 13.8 Å². The van der Waals surface area contributed by atoms with E-state index in [1.807, 2.05) is 32.9 Å². The molecule has 0 amide bonds. The maximum absolute atomic E-state index is 11.6. The fourth-order valence-electron chi connectivity index (χ4n) is 1.56. The fourth-order valence-corrected chi connectivity index (χ4v) is 1.73. The van der Waals surface area contributed by atoms with Crippen LogP contribution in [-0.4, -0.2) is 12.4 Å². The first kappa shape index (κ1) is 15.0. The lowest BCUT2D eigenvalue weighted by molar-refractivity contribution is -0.123. The summed E-state index contributed by atoms with van der Waals surface area (Å²) in [6, 6.07) is 3.84. The third-order valence-corrected chi connectivity index (χ3v) is 3.33. The van der Waals surface area contributed by atoms with Crippen molar-refractivity contribution >= 4 is 17.4 Å². The molecule has 1 rings (SSSR count). The summed E-state index contributed by atoms with van der Waals surface area (Å²) in [5.41, 5.74) is 2.01. The highest BCUT2D eigenvalue weighted by molar-refractivity contribution is 6.31. The summed E-state index contributed by atoms with van der Waals surface area (Å²) in [7, 11) is 0. The number of carbonyl (C=O) groups excluding carboxylic acids is 1. The number of ether oxygens (including phenoxy) is 1. The summed E-state index contributed by atoms with van der Waals surface area (Å²) >= 11 is 6.12. The number of benzene rings is 1. The normalized spacial score (nSPS) is 11.1. The maximum Gasteiger partial charge on any atom is 0.172 e. The quantitative estimate of drug-likeness (QED) is 0.792. The number of hydrogen-bond acceptors (Lipinski definition) is 2. The summed E-state index contributed by atoms with van der Waals surface area (Å²) in [4.78, 5) is 11.6. The monoisotopic (exact) mass is 268 g/mol. The first-order valence-corrected chi connectivity index (χ1v) is 6.66. The van der Waals surface area contributed by atoms with Crippen LogP contribution >= 0.6 is 11.6 Å². The number of aryl methyl sites for hydroxylation is 1. The second kappa shape index (κ2) is 6.24. The molecule has 0 aliphatic heterocycles. The number of ketones is 1. The minimum Gasteiger partial charge on any atom is -0.486 e. The molecule has 0 aromatic heterocycles. The molecule has 0 saturated heterocycles. The van der Waals surface area contributed by atoms with Crippen LogP contribution in [0.1, 0.15) is 44.7 Å². The van der Waals surface area contributed by atoms with Gasteiger partial charge in [0.25, 0.3) is 0 Å². The Hall–Kier alpha value is -1.02. The van der Waals surface area contributed by atoms with E-state index in [-0.39, 0.29) is 18.3 Å². The van der Waals surface area contributed by atoms with Crippen LogP contribution in [0.4, 0.5) is 0 Å². The second-order valence-electron chi connectivity index (χ2n) is 5.20. The minimum absolute atomic E-state index is 0.000831. The third kappa shape index (κ3) is 3.74. The molecule has 0 heterocycles. The van der Waals surface area contributed by atoms with E-state index in [9.17, 15) is 4.79 Å². The summed E-state index contributed by atoms with van der Waals surface area (Å²) in [5, 5.41) is 0.737. The van der Waals surface area contributed by atoms with Crippen LogP contribution in [0.15, 0.2) is 12.1 Å². The van der Waals surface area contributed by atoms with Crippen molar-refractivity contribution in [3.8, 4) is 5.75 Å². The summed E-state index contributed by atoms with van der Waals surface area (Å²) in [6.45, 7) is 9.97. The zero-order chi connectivity index (χ0) is 13.9. The molecule has 0 saturated carbocycles. The Morgan fingerprint density at radius 1 is 1.28 bits per heavy atom. The molecule has 2 nitrogen and oxygen atoms in total. The summed E-state index contributed by atoms with van der Waals surface area (Å²) in [5.74, 6) is 1.19. The van der Waals surface area contributed by atoms with Gasteiger partial charge in [0.1, 0.15) is 12.4 Å². The van der Waals surface area contributed by atoms with Crippen molar-refractivity contribution in [3.05, 3.63) is 28.3 Å². The number of rotatable bonds is 5. The average molecular weight is 269 g/mol. The standard InChI is InChI=1S/C15H21ClO2/c1-9(2)12-7-13(16)11(5)6-15(12)18-8-14(17)10(3)4/h6-7,9-10H,8H2,1-5H3. The van der Waals surface area contributed by atoms with Gasteiger partial charge in [0.2, 0.25) is 0 Å². The van der Waals surface area contributed by atoms with Gasteiger partial charge in [0, 0.05) is 10.9 Å². The van der Waals surface area contributed by atoms with E-state index in [1.54, 1.807) is 0 Å². The van der Waals surface area contributed by atoms with E-state index in [4.69, 9.17) is 16.3 Å². The largest absolute Gasteiger partial charge is 0.486 e. The fraction of sp³-hybridized carbons (Fsp3) is 0.533. The molecule has 0 atom stereocenters. The highest BCUT2D eigenvalue weighted by atomic mass is 35.5. The molecule has 3 heteroatoms. The van der Waals surface area contributed by atoms with Gasteiger partial charge < -0.3 is 4.74 Å². The van der Waals surface area contributed by atoms with Crippen LogP contribution in [0.5, 0.6) is 5.75 Å². The predicted octanol–water partition coefficient (Wildman–Crippen LogP) is 4.38. The average Bonchev–Trinajstić information content (AvgIpc) is 2.29. The Kier molecular flexibility index (Phi) is 5.21. The molecule has 0 N–H and O–H groups in total. The van der Waals surface area contributed by atoms with Gasteiger partial charge >= 0.3 is 0 Å². The summed E-state index contributed by atoms with van der Waals surface area (Å²) in [6.07, 6.45) is 0. The van der Waals surface area contributed by atoms with E-state index < -0.39 is 0 Å². The SMILES string of the molecule is Cc1cc(OCC(=O)C(C)C)c(C(C)C)cc1Cl. The third-order valence-electron chi connectivity index (χ3n) is 2.93. The van der Waals surface area contributed by atoms with Crippen LogP contribution in [0, 0.1) is 12.8 Å². The van der Waals surface area contributed by atoms with Gasteiger partial charge in [-0.15, -0.1) is 0 Å². The van der Waals surface area contributed by atoms with Crippen molar-refractivity contribution in [1.82, 2.24) is 0 Å². The number of hydrogen-bond donors (Lipinski definition) is 0. The molecule has 0 radical (unpaired) electrons. The molecule has 0 aliphatic rings. The zero-order valence-electron chi connectivity index (χ0n) is 11.7. The van der Waals surface area contributed by atoms with E-state index >= 15 is 0 Å². The van der Waals surface area contributed by atoms with Gasteiger partial charge in [0.05, 0.1) is 0 Å². The van der Waals surface area contributed by atoms with E-state index in [0.717, 1.165) is 21.9 Å². The van der Waals surface area contributed by atoms with Gasteiger partial charge in [-0.1, -0.05) is 39.3 Å². The second-order valence-corrected chi connectivity index (χ2v) is 5.61. The number of Topliss-reactive ketones (excluding diaryl/α,β-unsaturated/α-hetero) is 1. The van der Waals surface area contributed by atoms with Crippen molar-refractivity contribution < 1.29 is 9.53 Å². The lowest BCUT2D eigenvalue weighted by atomic mass is 10.0. The van der Waals surface area contributed by atoms with Gasteiger partial charge in [-0.05, 0) is 36.1 Å². The van der Waals surface area contributed by atoms with Gasteiger partial charge in [-0.2, -0.15) is 0 Å². The molecule has 1 aromatic carbocycles. The molecule has 1 aromatic rings. The van der Waals surface area contributed by atoms with Crippen LogP contribution in [0.2, 0.25) is 5.02 Å². The molecule has 0 spiro atoms. The van der Waals surface area contributed by atoms with Crippen LogP contribution in [0.3, 0.4) is 0 Å². The first-order valence-electron chi connectivity index (χ1n) is 6.28. The molecule has 0 aliphatic carbocycles. The molecule has 0 bridgehead atoms. The zero-order valence-corrected chi connectivity index (χ0v) is 12.5. The lowest BCUT2D eigenvalue weighted by Gasteiger charge is -2.16. The smallest absolute Gasteiger partial charge is 0.172 e. The Labute approximate surface area is 114 Å². The van der Waals surface area contributed by atoms with E-state index in [1.165, 1.54) is 0 Å². The Morgan fingerprint density at radius 3 is 2.39 bits per heavy atom. The molecular formula is C15H21ClO2. The Bertz CT molecular complexity index is 436. The van der Waals surface area contributed by atoms with Crippen molar-refractivity contribution in [2.45, 2.75) is 40.5 Å². The number of halogens is 1. The Balaban J connectivity index is 2.93. The molecule has 100 valence electrons. The van der Waals surface area contributed by atoms with Gasteiger partial charge in [-0.3, -0.25) is 4.79 Å². The van der Waals surface area contributed by atoms with Gasteiger partial charge in [0.15, 0.2) is 5.78 Å². The Morgan fingerprint density at radius 2 is 1.89 bits per heavy atom. The van der Waals surface area contributed by atoms with Crippen molar-refractivity contribution in [1.29, 1.82) is 0 Å². The van der Waals surface area contributed by atoms with Gasteiger partial charge in [-0.25, -0.2) is 0 Å². The van der Waals surface area contributed by atoms with Crippen LogP contribution < -0.4 is 4.74 Å². The number of carbonyl (C=O) groups is 1. The van der Waals surface area contributed by atoms with Crippen LogP contribution in [0.25, 0.3) is 0 Å². The van der Waals surface area contributed by atoms with Crippen molar-refractivity contribution in [3.63, 3.8) is 0 Å². The molecule has 0 unspecified atom stereocenters. The molecule has 18 heavy (non-hydrogen) atoms.